The molecule has 1 aromatic heterocycles. The Bertz CT molecular complexity index is 1100. The van der Waals surface area contributed by atoms with Gasteiger partial charge in [0.1, 0.15) is 17.5 Å². The number of nitrogens with one attached hydrogen (secondary N) is 1. The zero-order valence-electron chi connectivity index (χ0n) is 18.9. The van der Waals surface area contributed by atoms with Gasteiger partial charge in [0.2, 0.25) is 0 Å². The fraction of sp³-hybridized carbons (Fsp3) is 0.231. The molecule has 1 atom stereocenters. The largest absolute Gasteiger partial charge is 0.496 e. The van der Waals surface area contributed by atoms with Crippen LogP contribution >= 0.6 is 0 Å². The summed E-state index contributed by atoms with van der Waals surface area (Å²) in [5.41, 5.74) is 5.82. The Kier molecular flexibility index (Phi) is 8.18. The van der Waals surface area contributed by atoms with E-state index in [2.05, 4.69) is 29.4 Å². The van der Waals surface area contributed by atoms with E-state index in [9.17, 15) is 9.90 Å². The van der Waals surface area contributed by atoms with E-state index < -0.39 is 18.6 Å². The van der Waals surface area contributed by atoms with Crippen molar-refractivity contribution in [1.82, 2.24) is 10.3 Å². The maximum Gasteiger partial charge on any atom is 0.323 e. The highest BCUT2D eigenvalue weighted by atomic mass is 16.5. The Morgan fingerprint density at radius 2 is 1.76 bits per heavy atom. The van der Waals surface area contributed by atoms with Gasteiger partial charge in [-0.15, -0.1) is 0 Å². The van der Waals surface area contributed by atoms with Crippen LogP contribution in [0.1, 0.15) is 22.3 Å². The molecule has 0 saturated heterocycles. The van der Waals surface area contributed by atoms with Gasteiger partial charge in [-0.1, -0.05) is 42.5 Å². The van der Waals surface area contributed by atoms with Crippen LogP contribution < -0.4 is 14.8 Å². The molecule has 7 heteroatoms. The molecule has 0 fully saturated rings. The minimum atomic E-state index is -1.13. The number of aliphatic hydroxyl groups is 1. The second-order valence-electron chi connectivity index (χ2n) is 7.46. The first-order valence-electron chi connectivity index (χ1n) is 10.5. The zero-order valence-corrected chi connectivity index (χ0v) is 18.9. The van der Waals surface area contributed by atoms with E-state index in [1.807, 2.05) is 54.9 Å². The maximum atomic E-state index is 11.2. The number of methoxy groups -OCH3 is 2. The van der Waals surface area contributed by atoms with Crippen LogP contribution in [0, 0.1) is 6.92 Å². The quantitative estimate of drug-likeness (QED) is 0.434. The summed E-state index contributed by atoms with van der Waals surface area (Å²) >= 11 is 0. The predicted octanol–water partition coefficient (Wildman–Crippen LogP) is 3.78. The molecule has 3 rings (SSSR count). The highest BCUT2D eigenvalue weighted by Gasteiger charge is 2.18. The minimum absolute atomic E-state index is 0.163. The molecule has 33 heavy (non-hydrogen) atoms. The van der Waals surface area contributed by atoms with Crippen LogP contribution in [-0.4, -0.2) is 48.0 Å². The topological polar surface area (TPSA) is 101 Å². The van der Waals surface area contributed by atoms with Gasteiger partial charge in [0.05, 0.1) is 20.8 Å². The number of hydrogen-bond acceptors (Lipinski definition) is 6. The van der Waals surface area contributed by atoms with E-state index in [0.29, 0.717) is 17.1 Å². The first-order valence-corrected chi connectivity index (χ1v) is 10.5. The molecule has 0 saturated carbocycles. The van der Waals surface area contributed by atoms with Gasteiger partial charge in [0, 0.05) is 30.1 Å². The molecule has 3 N–H and O–H groups in total. The third kappa shape index (κ3) is 5.77. The van der Waals surface area contributed by atoms with Crippen molar-refractivity contribution < 1.29 is 24.5 Å². The van der Waals surface area contributed by atoms with Crippen LogP contribution in [0.15, 0.2) is 54.9 Å². The van der Waals surface area contributed by atoms with Crippen molar-refractivity contribution in [3.8, 4) is 22.6 Å². The van der Waals surface area contributed by atoms with Gasteiger partial charge in [-0.2, -0.15) is 0 Å². The monoisotopic (exact) mass is 448 g/mol. The molecule has 1 unspecified atom stereocenters. The minimum Gasteiger partial charge on any atom is -0.496 e. The van der Waals surface area contributed by atoms with Crippen LogP contribution in [0.2, 0.25) is 0 Å². The summed E-state index contributed by atoms with van der Waals surface area (Å²) in [6.45, 7) is 1.71. The summed E-state index contributed by atoms with van der Waals surface area (Å²) in [6.07, 6.45) is 7.64. The molecular formula is C26H28N2O5. The van der Waals surface area contributed by atoms with E-state index in [0.717, 1.165) is 27.8 Å². The summed E-state index contributed by atoms with van der Waals surface area (Å²) in [6, 6.07) is 12.8. The van der Waals surface area contributed by atoms with Crippen molar-refractivity contribution in [3.05, 3.63) is 77.1 Å². The number of rotatable bonds is 10. The lowest BCUT2D eigenvalue weighted by Gasteiger charge is -2.17. The molecule has 0 aliphatic carbocycles. The molecule has 0 aliphatic rings. The smallest absolute Gasteiger partial charge is 0.323 e. The van der Waals surface area contributed by atoms with Gasteiger partial charge >= 0.3 is 5.97 Å². The molecule has 0 radical (unpaired) electrons. The number of pyridine rings is 1. The predicted molar refractivity (Wildman–Crippen MR) is 128 cm³/mol. The molecule has 3 aromatic rings. The number of carboxylic acids is 1. The standard InChI is InChI=1S/C26H28N2O5/c1-17-20(13-27-14-21(17)19-7-5-4-6-8-19)10-9-18-11-24(32-2)22(25(12-18)33-3)15-28-23(16-29)26(30)31/h4-14,23,28-29H,15-16H2,1-3H3,(H,30,31)/b10-9+. The van der Waals surface area contributed by atoms with Gasteiger partial charge in [-0.25, -0.2) is 0 Å². The first kappa shape index (κ1) is 24.0. The Hall–Kier alpha value is -3.68. The van der Waals surface area contributed by atoms with E-state index in [-0.39, 0.29) is 6.54 Å². The lowest BCUT2D eigenvalue weighted by Crippen LogP contribution is -2.39. The average Bonchev–Trinajstić information content (AvgIpc) is 2.84. The average molecular weight is 449 g/mol. The van der Waals surface area contributed by atoms with Crippen molar-refractivity contribution in [2.45, 2.75) is 19.5 Å². The normalized spacial score (nSPS) is 12.0. The summed E-state index contributed by atoms with van der Waals surface area (Å²) in [4.78, 5) is 15.6. The Morgan fingerprint density at radius 1 is 1.09 bits per heavy atom. The lowest BCUT2D eigenvalue weighted by atomic mass is 9.98. The molecule has 0 bridgehead atoms. The van der Waals surface area contributed by atoms with Crippen LogP contribution in [-0.2, 0) is 11.3 Å². The Morgan fingerprint density at radius 3 is 2.33 bits per heavy atom. The first-order chi connectivity index (χ1) is 16.0. The number of benzene rings is 2. The molecule has 2 aromatic carbocycles. The van der Waals surface area contributed by atoms with E-state index in [1.165, 1.54) is 0 Å². The van der Waals surface area contributed by atoms with E-state index in [4.69, 9.17) is 14.6 Å². The van der Waals surface area contributed by atoms with Gasteiger partial charge in [-0.05, 0) is 41.3 Å². The van der Waals surface area contributed by atoms with E-state index >= 15 is 0 Å². The van der Waals surface area contributed by atoms with Crippen LogP contribution in [0.3, 0.4) is 0 Å². The van der Waals surface area contributed by atoms with Crippen molar-refractivity contribution in [3.63, 3.8) is 0 Å². The lowest BCUT2D eigenvalue weighted by molar-refractivity contribution is -0.140. The molecule has 172 valence electrons. The SMILES string of the molecule is COc1cc(/C=C/c2cncc(-c3ccccc3)c2C)cc(OC)c1CNC(CO)C(=O)O. The third-order valence-corrected chi connectivity index (χ3v) is 5.43. The Labute approximate surface area is 193 Å². The van der Waals surface area contributed by atoms with Crippen molar-refractivity contribution in [2.24, 2.45) is 0 Å². The van der Waals surface area contributed by atoms with Gasteiger partial charge in [0.15, 0.2) is 0 Å². The number of aliphatic carboxylic acids is 1. The van der Waals surface area contributed by atoms with Crippen LogP contribution in [0.5, 0.6) is 11.5 Å². The molecule has 0 aliphatic heterocycles. The summed E-state index contributed by atoms with van der Waals surface area (Å²) in [5.74, 6) is -0.0235. The number of nitrogens with zero attached hydrogens (tertiary/aromatic N) is 1. The summed E-state index contributed by atoms with van der Waals surface area (Å²) < 4.78 is 11.1. The summed E-state index contributed by atoms with van der Waals surface area (Å²) in [5, 5.41) is 21.2. The zero-order chi connectivity index (χ0) is 23.8. The number of carbonyl (C=O) groups is 1. The Balaban J connectivity index is 1.89. The van der Waals surface area contributed by atoms with Crippen molar-refractivity contribution >= 4 is 18.1 Å². The fourth-order valence-electron chi connectivity index (χ4n) is 3.53. The van der Waals surface area contributed by atoms with Gasteiger partial charge in [-0.3, -0.25) is 15.1 Å². The highest BCUT2D eigenvalue weighted by Crippen LogP contribution is 2.32. The molecular weight excluding hydrogens is 420 g/mol. The highest BCUT2D eigenvalue weighted by molar-refractivity contribution is 5.77. The second kappa shape index (κ2) is 11.3. The molecule has 0 amide bonds. The molecule has 7 nitrogen and oxygen atoms in total. The number of aliphatic hydroxyl groups excluding tert-OH is 1. The van der Waals surface area contributed by atoms with Crippen LogP contribution in [0.25, 0.3) is 23.3 Å². The molecule has 1 heterocycles. The molecule has 0 spiro atoms. The van der Waals surface area contributed by atoms with E-state index in [1.54, 1.807) is 14.2 Å². The number of ether oxygens (including phenoxy) is 2. The number of hydrogen-bond donors (Lipinski definition) is 3. The van der Waals surface area contributed by atoms with Crippen LogP contribution in [0.4, 0.5) is 0 Å². The van der Waals surface area contributed by atoms with Crippen molar-refractivity contribution in [2.75, 3.05) is 20.8 Å². The second-order valence-corrected chi connectivity index (χ2v) is 7.46. The number of carboxylic acid groups (broad SMARTS) is 1. The summed E-state index contributed by atoms with van der Waals surface area (Å²) in [7, 11) is 3.09. The van der Waals surface area contributed by atoms with Crippen molar-refractivity contribution in [1.29, 1.82) is 0 Å². The fourth-order valence-corrected chi connectivity index (χ4v) is 3.53. The van der Waals surface area contributed by atoms with Gasteiger partial charge in [0.25, 0.3) is 0 Å². The maximum absolute atomic E-state index is 11.2. The third-order valence-electron chi connectivity index (χ3n) is 5.43. The van der Waals surface area contributed by atoms with Gasteiger partial charge < -0.3 is 19.7 Å². The number of aromatic nitrogens is 1.